The number of carbonyl (C=O) groups is 1. The van der Waals surface area contributed by atoms with Gasteiger partial charge in [-0.1, -0.05) is 23.7 Å². The van der Waals surface area contributed by atoms with Crippen LogP contribution >= 0.6 is 11.6 Å². The van der Waals surface area contributed by atoms with Crippen molar-refractivity contribution in [3.8, 4) is 0 Å². The van der Waals surface area contributed by atoms with Crippen molar-refractivity contribution >= 4 is 23.3 Å². The molecule has 0 aliphatic heterocycles. The number of hydrogen-bond donors (Lipinski definition) is 1. The van der Waals surface area contributed by atoms with Crippen molar-refractivity contribution in [2.75, 3.05) is 5.32 Å². The Bertz CT molecular complexity index is 696. The maximum atomic E-state index is 11.6. The molecular weight excluding hydrogens is 292 g/mol. The van der Waals surface area contributed by atoms with Crippen LogP contribution in [0.25, 0.3) is 0 Å². The average molecular weight is 306 g/mol. The van der Waals surface area contributed by atoms with Gasteiger partial charge in [0.1, 0.15) is 0 Å². The summed E-state index contributed by atoms with van der Waals surface area (Å²) in [6, 6.07) is 7.03. The smallest absolute Gasteiger partial charge is 0.253 e. The number of anilines is 1. The highest BCUT2D eigenvalue weighted by Crippen LogP contribution is 2.21. The topological polar surface area (TPSA) is 74.2 Å². The maximum Gasteiger partial charge on any atom is 0.253 e. The van der Waals surface area contributed by atoms with Gasteiger partial charge >= 0.3 is 0 Å². The highest BCUT2D eigenvalue weighted by Gasteiger charge is 2.13. The van der Waals surface area contributed by atoms with Crippen molar-refractivity contribution in [2.45, 2.75) is 13.0 Å². The number of benzene rings is 1. The predicted molar refractivity (Wildman–Crippen MR) is 79.2 cm³/mol. The number of hydrogen-bond acceptors (Lipinski definition) is 4. The summed E-state index contributed by atoms with van der Waals surface area (Å²) in [6.45, 7) is 1.67. The highest BCUT2D eigenvalue weighted by molar-refractivity contribution is 6.30. The lowest BCUT2D eigenvalue weighted by Crippen LogP contribution is -2.34. The van der Waals surface area contributed by atoms with Crippen LogP contribution < -0.4 is 16.0 Å². The fourth-order valence-electron chi connectivity index (χ4n) is 2.06. The Labute approximate surface area is 126 Å². The Balaban J connectivity index is 2.35. The molecule has 110 valence electrons. The molecule has 1 heterocycles. The molecule has 0 saturated heterocycles. The third kappa shape index (κ3) is 3.44. The molecule has 0 bridgehead atoms. The molecule has 0 radical (unpaired) electrons. The summed E-state index contributed by atoms with van der Waals surface area (Å²) >= 11 is 5.79. The van der Waals surface area contributed by atoms with Gasteiger partial charge in [-0.3, -0.25) is 4.79 Å². The molecule has 0 aliphatic carbocycles. The molecule has 2 rings (SSSR count). The molecule has 1 aromatic carbocycles. The van der Waals surface area contributed by atoms with Crippen molar-refractivity contribution in [1.29, 1.82) is 0 Å². The molecule has 0 amide bonds. The molecular formula is C15H14ClN2O3-. The molecule has 0 fully saturated rings. The first kappa shape index (κ1) is 15.1. The van der Waals surface area contributed by atoms with Crippen LogP contribution in [0.3, 0.4) is 0 Å². The number of pyridine rings is 1. The largest absolute Gasteiger partial charge is 0.548 e. The van der Waals surface area contributed by atoms with E-state index in [-0.39, 0.29) is 5.56 Å². The minimum atomic E-state index is -1.26. The van der Waals surface area contributed by atoms with Crippen molar-refractivity contribution in [3.05, 3.63) is 63.0 Å². The van der Waals surface area contributed by atoms with E-state index in [4.69, 9.17) is 11.6 Å². The minimum absolute atomic E-state index is 0.128. The second kappa shape index (κ2) is 6.01. The first-order chi connectivity index (χ1) is 9.88. The molecule has 0 saturated carbocycles. The molecule has 1 unspecified atom stereocenters. The monoisotopic (exact) mass is 305 g/mol. The zero-order valence-corrected chi connectivity index (χ0v) is 12.3. The number of nitrogens with one attached hydrogen (secondary N) is 1. The van der Waals surface area contributed by atoms with Crippen LogP contribution in [0.5, 0.6) is 0 Å². The molecule has 5 nitrogen and oxygen atoms in total. The van der Waals surface area contributed by atoms with Gasteiger partial charge in [0.05, 0.1) is 17.7 Å². The van der Waals surface area contributed by atoms with Crippen molar-refractivity contribution in [2.24, 2.45) is 7.05 Å². The Kier molecular flexibility index (Phi) is 4.33. The normalized spacial score (nSPS) is 12.0. The molecule has 1 aromatic heterocycles. The number of nitrogens with zero attached hydrogens (tertiary/aromatic N) is 1. The molecule has 2 aromatic rings. The second-order valence-electron chi connectivity index (χ2n) is 4.78. The first-order valence-electron chi connectivity index (χ1n) is 6.28. The number of carbonyl (C=O) groups excluding carboxylic acids is 1. The van der Waals surface area contributed by atoms with Gasteiger partial charge < -0.3 is 19.8 Å². The van der Waals surface area contributed by atoms with Crippen LogP contribution in [0.2, 0.25) is 5.02 Å². The number of rotatable bonds is 4. The van der Waals surface area contributed by atoms with Crippen LogP contribution in [0.15, 0.2) is 41.3 Å². The van der Waals surface area contributed by atoms with E-state index in [0.29, 0.717) is 21.8 Å². The summed E-state index contributed by atoms with van der Waals surface area (Å²) in [5, 5.41) is 14.7. The van der Waals surface area contributed by atoms with Crippen LogP contribution in [0.1, 0.15) is 17.2 Å². The summed E-state index contributed by atoms with van der Waals surface area (Å²) in [5.74, 6) is -1.26. The number of aryl methyl sites for hydroxylation is 2. The number of carboxylic acid groups (broad SMARTS) is 1. The van der Waals surface area contributed by atoms with Gasteiger partial charge in [0.15, 0.2) is 0 Å². The molecule has 0 spiro atoms. The van der Waals surface area contributed by atoms with Gasteiger partial charge in [-0.05, 0) is 30.7 Å². The summed E-state index contributed by atoms with van der Waals surface area (Å²) in [6.07, 6.45) is 1.54. The Morgan fingerprint density at radius 2 is 1.95 bits per heavy atom. The SMILES string of the molecule is Cc1cc(NC(C(=O)[O-])c2ccc(Cl)cc2)cn(C)c1=O. The van der Waals surface area contributed by atoms with Gasteiger partial charge in [0.25, 0.3) is 5.56 Å². The Morgan fingerprint density at radius 1 is 1.33 bits per heavy atom. The lowest BCUT2D eigenvalue weighted by Gasteiger charge is -2.22. The van der Waals surface area contributed by atoms with Crippen molar-refractivity contribution in [1.82, 2.24) is 4.57 Å². The second-order valence-corrected chi connectivity index (χ2v) is 5.21. The molecule has 1 N–H and O–H groups in total. The number of halogens is 1. The van der Waals surface area contributed by atoms with E-state index in [0.717, 1.165) is 0 Å². The number of aromatic nitrogens is 1. The van der Waals surface area contributed by atoms with E-state index in [1.807, 2.05) is 0 Å². The lowest BCUT2D eigenvalue weighted by atomic mass is 10.1. The zero-order chi connectivity index (χ0) is 15.6. The predicted octanol–water partition coefficient (Wildman–Crippen LogP) is 1.25. The quantitative estimate of drug-likeness (QED) is 0.922. The zero-order valence-electron chi connectivity index (χ0n) is 11.6. The first-order valence-corrected chi connectivity index (χ1v) is 6.66. The fourth-order valence-corrected chi connectivity index (χ4v) is 2.18. The van der Waals surface area contributed by atoms with Crippen LogP contribution in [-0.2, 0) is 11.8 Å². The minimum Gasteiger partial charge on any atom is -0.548 e. The van der Waals surface area contributed by atoms with E-state index in [9.17, 15) is 14.7 Å². The molecule has 6 heteroatoms. The lowest BCUT2D eigenvalue weighted by molar-refractivity contribution is -0.307. The Hall–Kier alpha value is -2.27. The average Bonchev–Trinajstić information content (AvgIpc) is 2.43. The van der Waals surface area contributed by atoms with E-state index in [2.05, 4.69) is 5.32 Å². The van der Waals surface area contributed by atoms with Crippen molar-refractivity contribution < 1.29 is 9.90 Å². The Morgan fingerprint density at radius 3 is 2.48 bits per heavy atom. The van der Waals surface area contributed by atoms with E-state index < -0.39 is 12.0 Å². The number of aliphatic carboxylic acids is 1. The number of carboxylic acids is 1. The van der Waals surface area contributed by atoms with E-state index in [1.54, 1.807) is 50.5 Å². The van der Waals surface area contributed by atoms with Crippen molar-refractivity contribution in [3.63, 3.8) is 0 Å². The third-order valence-electron chi connectivity index (χ3n) is 3.11. The molecule has 1 atom stereocenters. The van der Waals surface area contributed by atoms with Crippen LogP contribution in [0, 0.1) is 6.92 Å². The third-order valence-corrected chi connectivity index (χ3v) is 3.36. The van der Waals surface area contributed by atoms with Gasteiger partial charge in [0.2, 0.25) is 0 Å². The fraction of sp³-hybridized carbons (Fsp3) is 0.200. The molecule has 0 aliphatic rings. The van der Waals surface area contributed by atoms with Gasteiger partial charge in [0, 0.05) is 23.8 Å². The summed E-state index contributed by atoms with van der Waals surface area (Å²) in [7, 11) is 1.61. The summed E-state index contributed by atoms with van der Waals surface area (Å²) in [5.41, 5.74) is 1.44. The standard InChI is InChI=1S/C15H15ClN2O3/c1-9-7-12(8-18(2)14(9)19)17-13(15(20)21)10-3-5-11(16)6-4-10/h3-8,13,17H,1-2H3,(H,20,21)/p-1. The van der Waals surface area contributed by atoms with E-state index >= 15 is 0 Å². The van der Waals surface area contributed by atoms with Gasteiger partial charge in [-0.25, -0.2) is 0 Å². The van der Waals surface area contributed by atoms with Gasteiger partial charge in [-0.2, -0.15) is 0 Å². The summed E-state index contributed by atoms with van der Waals surface area (Å²) < 4.78 is 1.39. The van der Waals surface area contributed by atoms with Gasteiger partial charge in [-0.15, -0.1) is 0 Å². The maximum absolute atomic E-state index is 11.6. The van der Waals surface area contributed by atoms with Crippen LogP contribution in [-0.4, -0.2) is 10.5 Å². The van der Waals surface area contributed by atoms with E-state index in [1.165, 1.54) is 4.57 Å². The van der Waals surface area contributed by atoms with Crippen LogP contribution in [0.4, 0.5) is 5.69 Å². The highest BCUT2D eigenvalue weighted by atomic mass is 35.5. The molecule has 21 heavy (non-hydrogen) atoms. The summed E-state index contributed by atoms with van der Waals surface area (Å²) in [4.78, 5) is 23.0.